The van der Waals surface area contributed by atoms with Crippen molar-refractivity contribution >= 4 is 6.03 Å². The molecule has 0 spiro atoms. The molecule has 4 heteroatoms. The van der Waals surface area contributed by atoms with Gasteiger partial charge in [-0.3, -0.25) is 4.90 Å². The molecule has 2 aromatic carbocycles. The quantitative estimate of drug-likeness (QED) is 0.828. The number of hydrogen-bond donors (Lipinski definition) is 1. The zero-order valence-electron chi connectivity index (χ0n) is 18.0. The van der Waals surface area contributed by atoms with Crippen LogP contribution in [0.25, 0.3) is 0 Å². The summed E-state index contributed by atoms with van der Waals surface area (Å²) in [7, 11) is 0. The van der Waals surface area contributed by atoms with Gasteiger partial charge in [-0.2, -0.15) is 0 Å². The van der Waals surface area contributed by atoms with Crippen molar-refractivity contribution in [3.8, 4) is 0 Å². The van der Waals surface area contributed by atoms with Gasteiger partial charge in [0.2, 0.25) is 0 Å². The minimum atomic E-state index is 0.133. The number of carbonyl (C=O) groups excluding carboxylic acids is 1. The Bertz CT molecular complexity index is 896. The van der Waals surface area contributed by atoms with Crippen LogP contribution in [0.4, 0.5) is 4.79 Å². The molecule has 5 rings (SSSR count). The molecule has 2 amide bonds. The van der Waals surface area contributed by atoms with E-state index in [4.69, 9.17) is 0 Å². The van der Waals surface area contributed by atoms with E-state index in [1.807, 2.05) is 6.07 Å². The van der Waals surface area contributed by atoms with E-state index < -0.39 is 0 Å². The minimum absolute atomic E-state index is 0.133. The minimum Gasteiger partial charge on any atom is -0.338 e. The molecule has 2 saturated heterocycles. The van der Waals surface area contributed by atoms with Crippen LogP contribution in [0.5, 0.6) is 0 Å². The predicted octanol–water partition coefficient (Wildman–Crippen LogP) is 4.33. The summed E-state index contributed by atoms with van der Waals surface area (Å²) < 4.78 is 0. The summed E-state index contributed by atoms with van der Waals surface area (Å²) in [4.78, 5) is 18.0. The van der Waals surface area contributed by atoms with Crippen LogP contribution in [0, 0.1) is 12.8 Å². The van der Waals surface area contributed by atoms with E-state index in [9.17, 15) is 4.79 Å². The lowest BCUT2D eigenvalue weighted by Gasteiger charge is -2.52. The number of fused-ring (bicyclic) bond motifs is 4. The first-order chi connectivity index (χ1) is 14.7. The van der Waals surface area contributed by atoms with E-state index in [2.05, 4.69) is 64.5 Å². The lowest BCUT2D eigenvalue weighted by molar-refractivity contribution is 0.00578. The Morgan fingerprint density at radius 2 is 2.00 bits per heavy atom. The molecule has 0 bridgehead atoms. The number of likely N-dealkylation sites (tertiary alicyclic amines) is 1. The molecule has 0 aromatic heterocycles. The summed E-state index contributed by atoms with van der Waals surface area (Å²) in [5.74, 6) is 0.613. The van der Waals surface area contributed by atoms with Gasteiger partial charge in [0, 0.05) is 38.3 Å². The van der Waals surface area contributed by atoms with Gasteiger partial charge in [0.1, 0.15) is 0 Å². The molecule has 2 aromatic rings. The monoisotopic (exact) mass is 403 g/mol. The highest BCUT2D eigenvalue weighted by atomic mass is 16.2. The highest BCUT2D eigenvalue weighted by Crippen LogP contribution is 2.42. The van der Waals surface area contributed by atoms with Gasteiger partial charge in [-0.15, -0.1) is 0 Å². The van der Waals surface area contributed by atoms with Crippen LogP contribution in [0.1, 0.15) is 47.6 Å². The SMILES string of the molecule is Cc1ccc2c(c1)CCN1C[C@H]3CCCN(C(=O)NCCc4ccccc4)[C@H]3C[C@H]21. The molecule has 0 radical (unpaired) electrons. The summed E-state index contributed by atoms with van der Waals surface area (Å²) in [6.45, 7) is 6.08. The Morgan fingerprint density at radius 1 is 1.13 bits per heavy atom. The highest BCUT2D eigenvalue weighted by Gasteiger charge is 2.43. The Hall–Kier alpha value is -2.33. The molecule has 3 aliphatic rings. The van der Waals surface area contributed by atoms with E-state index in [-0.39, 0.29) is 6.03 Å². The van der Waals surface area contributed by atoms with Crippen molar-refractivity contribution in [1.82, 2.24) is 15.1 Å². The average Bonchev–Trinajstić information content (AvgIpc) is 2.77. The molecule has 158 valence electrons. The molecule has 3 aliphatic heterocycles. The number of hydrogen-bond acceptors (Lipinski definition) is 2. The van der Waals surface area contributed by atoms with Gasteiger partial charge in [-0.1, -0.05) is 54.1 Å². The third-order valence-electron chi connectivity index (χ3n) is 7.41. The van der Waals surface area contributed by atoms with E-state index in [1.165, 1.54) is 28.7 Å². The fourth-order valence-corrected chi connectivity index (χ4v) is 5.90. The number of benzene rings is 2. The summed E-state index contributed by atoms with van der Waals surface area (Å²) in [5.41, 5.74) is 5.65. The smallest absolute Gasteiger partial charge is 0.317 e. The van der Waals surface area contributed by atoms with Gasteiger partial charge in [0.05, 0.1) is 0 Å². The van der Waals surface area contributed by atoms with E-state index in [0.717, 1.165) is 45.3 Å². The molecular weight excluding hydrogens is 370 g/mol. The van der Waals surface area contributed by atoms with Crippen LogP contribution in [0.15, 0.2) is 48.5 Å². The number of nitrogens with zero attached hydrogens (tertiary/aromatic N) is 2. The number of nitrogens with one attached hydrogen (secondary N) is 1. The third kappa shape index (κ3) is 3.85. The number of piperidine rings is 2. The first-order valence-corrected chi connectivity index (χ1v) is 11.6. The zero-order valence-corrected chi connectivity index (χ0v) is 18.0. The molecule has 3 atom stereocenters. The maximum Gasteiger partial charge on any atom is 0.317 e. The fraction of sp³-hybridized carbons (Fsp3) is 0.500. The number of amides is 2. The summed E-state index contributed by atoms with van der Waals surface area (Å²) in [5, 5.41) is 3.21. The lowest BCUT2D eigenvalue weighted by atomic mass is 9.76. The normalized spacial score (nSPS) is 25.8. The second kappa shape index (κ2) is 8.43. The Labute approximate surface area is 180 Å². The van der Waals surface area contributed by atoms with Crippen molar-refractivity contribution in [2.45, 2.75) is 51.1 Å². The van der Waals surface area contributed by atoms with Gasteiger partial charge in [0.15, 0.2) is 0 Å². The van der Waals surface area contributed by atoms with Crippen LogP contribution < -0.4 is 5.32 Å². The number of rotatable bonds is 3. The maximum atomic E-state index is 13.1. The Kier molecular flexibility index (Phi) is 5.51. The van der Waals surface area contributed by atoms with Crippen molar-refractivity contribution in [3.05, 3.63) is 70.8 Å². The standard InChI is InChI=1S/C26H33N3O/c1-19-9-10-23-21(16-19)12-15-28-18-22-8-5-14-29(24(22)17-25(23)28)26(30)27-13-11-20-6-3-2-4-7-20/h2-4,6-7,9-10,16,22,24-25H,5,8,11-15,17-18H2,1H3,(H,27,30)/t22-,24+,25-/m1/s1. The molecule has 2 fully saturated rings. The second-order valence-corrected chi connectivity index (χ2v) is 9.33. The Morgan fingerprint density at radius 3 is 2.87 bits per heavy atom. The van der Waals surface area contributed by atoms with Crippen LogP contribution in [0.3, 0.4) is 0 Å². The summed E-state index contributed by atoms with van der Waals surface area (Å²) >= 11 is 0. The van der Waals surface area contributed by atoms with Gasteiger partial charge < -0.3 is 10.2 Å². The molecule has 3 heterocycles. The third-order valence-corrected chi connectivity index (χ3v) is 7.41. The number of carbonyl (C=O) groups is 1. The van der Waals surface area contributed by atoms with Crippen molar-refractivity contribution in [2.75, 3.05) is 26.2 Å². The first-order valence-electron chi connectivity index (χ1n) is 11.6. The maximum absolute atomic E-state index is 13.1. The lowest BCUT2D eigenvalue weighted by Crippen LogP contribution is -2.59. The van der Waals surface area contributed by atoms with Crippen molar-refractivity contribution in [2.24, 2.45) is 5.92 Å². The van der Waals surface area contributed by atoms with Gasteiger partial charge in [0.25, 0.3) is 0 Å². The van der Waals surface area contributed by atoms with Crippen molar-refractivity contribution < 1.29 is 4.79 Å². The number of aryl methyl sites for hydroxylation is 1. The zero-order chi connectivity index (χ0) is 20.5. The fourth-order valence-electron chi connectivity index (χ4n) is 5.90. The molecular formula is C26H33N3O. The van der Waals surface area contributed by atoms with Crippen LogP contribution >= 0.6 is 0 Å². The molecule has 1 N–H and O–H groups in total. The average molecular weight is 404 g/mol. The highest BCUT2D eigenvalue weighted by molar-refractivity contribution is 5.74. The molecule has 0 unspecified atom stereocenters. The van der Waals surface area contributed by atoms with E-state index in [1.54, 1.807) is 0 Å². The molecule has 30 heavy (non-hydrogen) atoms. The second-order valence-electron chi connectivity index (χ2n) is 9.33. The molecule has 0 saturated carbocycles. The van der Waals surface area contributed by atoms with Gasteiger partial charge in [-0.25, -0.2) is 4.79 Å². The Balaban J connectivity index is 1.27. The van der Waals surface area contributed by atoms with Crippen molar-refractivity contribution in [3.63, 3.8) is 0 Å². The molecule has 4 nitrogen and oxygen atoms in total. The van der Waals surface area contributed by atoms with Crippen LogP contribution in [0.2, 0.25) is 0 Å². The van der Waals surface area contributed by atoms with Gasteiger partial charge in [-0.05, 0) is 61.6 Å². The van der Waals surface area contributed by atoms with Crippen molar-refractivity contribution in [1.29, 1.82) is 0 Å². The van der Waals surface area contributed by atoms with Gasteiger partial charge >= 0.3 is 6.03 Å². The predicted molar refractivity (Wildman–Crippen MR) is 121 cm³/mol. The molecule has 0 aliphatic carbocycles. The van der Waals surface area contributed by atoms with Crippen LogP contribution in [-0.2, 0) is 12.8 Å². The summed E-state index contributed by atoms with van der Waals surface area (Å²) in [6.07, 6.45) is 5.50. The summed E-state index contributed by atoms with van der Waals surface area (Å²) in [6, 6.07) is 18.3. The largest absolute Gasteiger partial charge is 0.338 e. The van der Waals surface area contributed by atoms with E-state index in [0.29, 0.717) is 24.5 Å². The van der Waals surface area contributed by atoms with Crippen LogP contribution in [-0.4, -0.2) is 48.1 Å². The van der Waals surface area contributed by atoms with E-state index >= 15 is 0 Å². The number of urea groups is 1. The topological polar surface area (TPSA) is 35.6 Å². The first kappa shape index (κ1) is 19.6.